The summed E-state index contributed by atoms with van der Waals surface area (Å²) in [4.78, 5) is 12.5. The van der Waals surface area contributed by atoms with Crippen molar-refractivity contribution in [3.8, 4) is 6.07 Å². The van der Waals surface area contributed by atoms with E-state index >= 15 is 0 Å². The summed E-state index contributed by atoms with van der Waals surface area (Å²) in [6.07, 6.45) is 0.463. The first-order valence-electron chi connectivity index (χ1n) is 5.23. The maximum Gasteiger partial charge on any atom is 0.223 e. The molecule has 2 N–H and O–H groups in total. The van der Waals surface area contributed by atoms with Crippen LogP contribution >= 0.6 is 11.3 Å². The lowest BCUT2D eigenvalue weighted by Gasteiger charge is -2.17. The van der Waals surface area contributed by atoms with Gasteiger partial charge in [0.15, 0.2) is 0 Å². The molecule has 17 heavy (non-hydrogen) atoms. The van der Waals surface area contributed by atoms with E-state index in [1.54, 1.807) is 11.3 Å². The normalized spacial score (nSPS) is 10.4. The lowest BCUT2D eigenvalue weighted by atomic mass is 10.3. The topological polar surface area (TPSA) is 78.8 Å². The Bertz CT molecular complexity index is 583. The molecule has 0 radical (unpaired) electrons. The van der Waals surface area contributed by atoms with Crippen LogP contribution in [0.15, 0.2) is 6.07 Å². The molecule has 2 rings (SSSR count). The number of thiophene rings is 1. The van der Waals surface area contributed by atoms with Gasteiger partial charge in [-0.1, -0.05) is 0 Å². The van der Waals surface area contributed by atoms with Crippen LogP contribution in [0.5, 0.6) is 0 Å². The summed E-state index contributed by atoms with van der Waals surface area (Å²) in [7, 11) is 1.91. The van der Waals surface area contributed by atoms with Crippen molar-refractivity contribution < 1.29 is 0 Å². The molecule has 0 aliphatic heterocycles. The molecule has 0 bridgehead atoms. The minimum Gasteiger partial charge on any atom is -0.368 e. The van der Waals surface area contributed by atoms with Crippen molar-refractivity contribution in [1.82, 2.24) is 9.97 Å². The van der Waals surface area contributed by atoms with E-state index in [1.807, 2.05) is 18.9 Å². The molecule has 2 aromatic heterocycles. The monoisotopic (exact) mass is 247 g/mol. The highest BCUT2D eigenvalue weighted by molar-refractivity contribution is 7.18. The first-order chi connectivity index (χ1) is 8.11. The Labute approximate surface area is 104 Å². The van der Waals surface area contributed by atoms with E-state index in [0.717, 1.165) is 16.0 Å². The fraction of sp³-hybridized carbons (Fsp3) is 0.364. The van der Waals surface area contributed by atoms with Crippen LogP contribution in [0, 0.1) is 18.3 Å². The van der Waals surface area contributed by atoms with E-state index in [1.165, 1.54) is 4.88 Å². The van der Waals surface area contributed by atoms with Gasteiger partial charge in [-0.05, 0) is 13.0 Å². The Morgan fingerprint density at radius 1 is 1.53 bits per heavy atom. The second-order valence-electron chi connectivity index (χ2n) is 3.81. The third-order valence-corrected chi connectivity index (χ3v) is 3.38. The van der Waals surface area contributed by atoms with Crippen LogP contribution in [0.25, 0.3) is 10.2 Å². The van der Waals surface area contributed by atoms with Gasteiger partial charge in [-0.3, -0.25) is 0 Å². The zero-order valence-corrected chi connectivity index (χ0v) is 10.6. The Balaban J connectivity index is 2.48. The minimum absolute atomic E-state index is 0.276. The molecule has 0 unspecified atom stereocenters. The van der Waals surface area contributed by atoms with Gasteiger partial charge in [0.25, 0.3) is 0 Å². The number of hydrogen-bond acceptors (Lipinski definition) is 6. The van der Waals surface area contributed by atoms with E-state index in [4.69, 9.17) is 11.0 Å². The molecule has 0 aliphatic rings. The van der Waals surface area contributed by atoms with Gasteiger partial charge in [-0.2, -0.15) is 10.2 Å². The fourth-order valence-corrected chi connectivity index (χ4v) is 2.54. The molecule has 5 nitrogen and oxygen atoms in total. The number of fused-ring (bicyclic) bond motifs is 1. The Hall–Kier alpha value is -1.87. The van der Waals surface area contributed by atoms with Gasteiger partial charge in [0, 0.05) is 18.5 Å². The number of nitrogens with two attached hydrogens (primary N) is 1. The largest absolute Gasteiger partial charge is 0.368 e. The van der Waals surface area contributed by atoms with Crippen molar-refractivity contribution in [1.29, 1.82) is 5.26 Å². The van der Waals surface area contributed by atoms with Crippen molar-refractivity contribution in [2.75, 3.05) is 24.2 Å². The third-order valence-electron chi connectivity index (χ3n) is 2.43. The molecule has 0 amide bonds. The summed E-state index contributed by atoms with van der Waals surface area (Å²) in [6.45, 7) is 2.67. The number of nitriles is 1. The van der Waals surface area contributed by atoms with E-state index in [-0.39, 0.29) is 5.95 Å². The average molecular weight is 247 g/mol. The van der Waals surface area contributed by atoms with Crippen LogP contribution in [0.1, 0.15) is 11.3 Å². The predicted octanol–water partition coefficient (Wildman–Crippen LogP) is 1.93. The summed E-state index contributed by atoms with van der Waals surface area (Å²) in [5.74, 6) is 1.07. The smallest absolute Gasteiger partial charge is 0.223 e. The molecule has 0 spiro atoms. The SMILES string of the molecule is Cc1cc2c(N(C)CCC#N)nc(N)nc2s1. The van der Waals surface area contributed by atoms with Crippen molar-refractivity contribution in [2.24, 2.45) is 0 Å². The van der Waals surface area contributed by atoms with Crippen LogP contribution in [0.4, 0.5) is 11.8 Å². The van der Waals surface area contributed by atoms with Crippen LogP contribution in [0.2, 0.25) is 0 Å². The molecule has 0 saturated carbocycles. The number of rotatable bonds is 3. The number of anilines is 2. The predicted molar refractivity (Wildman–Crippen MR) is 70.1 cm³/mol. The van der Waals surface area contributed by atoms with Crippen LogP contribution in [-0.2, 0) is 0 Å². The lowest BCUT2D eigenvalue weighted by Crippen LogP contribution is -2.20. The number of aryl methyl sites for hydroxylation is 1. The minimum atomic E-state index is 0.276. The maximum atomic E-state index is 8.60. The number of aromatic nitrogens is 2. The van der Waals surface area contributed by atoms with E-state index < -0.39 is 0 Å². The second-order valence-corrected chi connectivity index (χ2v) is 5.05. The Kier molecular flexibility index (Phi) is 3.11. The van der Waals surface area contributed by atoms with Gasteiger partial charge in [0.1, 0.15) is 10.6 Å². The highest BCUT2D eigenvalue weighted by atomic mass is 32.1. The van der Waals surface area contributed by atoms with Crippen molar-refractivity contribution in [3.05, 3.63) is 10.9 Å². The molecule has 2 aromatic rings. The highest BCUT2D eigenvalue weighted by Gasteiger charge is 2.12. The number of nitrogen functional groups attached to an aromatic ring is 1. The summed E-state index contributed by atoms with van der Waals surface area (Å²) in [5.41, 5.74) is 5.69. The molecule has 0 aliphatic carbocycles. The van der Waals surface area contributed by atoms with Crippen molar-refractivity contribution in [2.45, 2.75) is 13.3 Å². The molecule has 0 aromatic carbocycles. The zero-order chi connectivity index (χ0) is 12.4. The maximum absolute atomic E-state index is 8.60. The Morgan fingerprint density at radius 2 is 2.29 bits per heavy atom. The summed E-state index contributed by atoms with van der Waals surface area (Å²) in [6, 6.07) is 4.18. The van der Waals surface area contributed by atoms with Crippen LogP contribution in [0.3, 0.4) is 0 Å². The van der Waals surface area contributed by atoms with Gasteiger partial charge in [-0.25, -0.2) is 4.98 Å². The van der Waals surface area contributed by atoms with Gasteiger partial charge in [-0.15, -0.1) is 11.3 Å². The molecule has 0 atom stereocenters. The molecule has 6 heteroatoms. The van der Waals surface area contributed by atoms with Crippen LogP contribution < -0.4 is 10.6 Å². The molecular weight excluding hydrogens is 234 g/mol. The van der Waals surface area contributed by atoms with Gasteiger partial charge >= 0.3 is 0 Å². The van der Waals surface area contributed by atoms with E-state index in [2.05, 4.69) is 22.1 Å². The highest BCUT2D eigenvalue weighted by Crippen LogP contribution is 2.30. The van der Waals surface area contributed by atoms with Gasteiger partial charge in [0.05, 0.1) is 17.9 Å². The zero-order valence-electron chi connectivity index (χ0n) is 9.77. The third kappa shape index (κ3) is 2.29. The summed E-state index contributed by atoms with van der Waals surface area (Å²) >= 11 is 1.60. The first-order valence-corrected chi connectivity index (χ1v) is 6.05. The second kappa shape index (κ2) is 4.55. The van der Waals surface area contributed by atoms with Crippen molar-refractivity contribution in [3.63, 3.8) is 0 Å². The number of hydrogen-bond donors (Lipinski definition) is 1. The van der Waals surface area contributed by atoms with Gasteiger partial charge < -0.3 is 10.6 Å². The Morgan fingerprint density at radius 3 is 3.00 bits per heavy atom. The molecular formula is C11H13N5S. The molecule has 0 fully saturated rings. The lowest BCUT2D eigenvalue weighted by molar-refractivity contribution is 0.889. The summed E-state index contributed by atoms with van der Waals surface area (Å²) in [5, 5.41) is 9.60. The van der Waals surface area contributed by atoms with Crippen LogP contribution in [-0.4, -0.2) is 23.6 Å². The molecule has 88 valence electrons. The average Bonchev–Trinajstić information content (AvgIpc) is 2.64. The fourth-order valence-electron chi connectivity index (χ4n) is 1.66. The molecule has 2 heterocycles. The quantitative estimate of drug-likeness (QED) is 0.896. The van der Waals surface area contributed by atoms with Crippen molar-refractivity contribution >= 4 is 33.3 Å². The standard InChI is InChI=1S/C11H13N5S/c1-7-6-8-9(16(2)5-3-4-12)14-11(13)15-10(8)17-7/h6H,3,5H2,1-2H3,(H2,13,14,15). The van der Waals surface area contributed by atoms with E-state index in [0.29, 0.717) is 13.0 Å². The van der Waals surface area contributed by atoms with Gasteiger partial charge in [0.2, 0.25) is 5.95 Å². The van der Waals surface area contributed by atoms with E-state index in [9.17, 15) is 0 Å². The number of nitrogens with zero attached hydrogens (tertiary/aromatic N) is 4. The summed E-state index contributed by atoms with van der Waals surface area (Å²) < 4.78 is 0. The molecule has 0 saturated heterocycles. The first kappa shape index (κ1) is 11.6.